The van der Waals surface area contributed by atoms with Crippen LogP contribution in [0.5, 0.6) is 11.6 Å². The highest BCUT2D eigenvalue weighted by Gasteiger charge is 2.05. The summed E-state index contributed by atoms with van der Waals surface area (Å²) < 4.78 is 18.8. The lowest BCUT2D eigenvalue weighted by Crippen LogP contribution is -2.38. The van der Waals surface area contributed by atoms with Gasteiger partial charge in [0.1, 0.15) is 11.6 Å². The van der Waals surface area contributed by atoms with Gasteiger partial charge in [-0.05, 0) is 38.5 Å². The van der Waals surface area contributed by atoms with E-state index in [4.69, 9.17) is 4.74 Å². The Labute approximate surface area is 180 Å². The van der Waals surface area contributed by atoms with Crippen LogP contribution in [0.4, 0.5) is 4.39 Å². The predicted octanol–water partition coefficient (Wildman–Crippen LogP) is 4.38. The molecule has 0 aliphatic carbocycles. The maximum Gasteiger partial charge on any atom is 0.219 e. The van der Waals surface area contributed by atoms with E-state index in [1.165, 1.54) is 17.0 Å². The maximum absolute atomic E-state index is 13.2. The van der Waals surface area contributed by atoms with Crippen molar-refractivity contribution in [1.29, 1.82) is 0 Å². The molecule has 2 N–H and O–H groups in total. The smallest absolute Gasteiger partial charge is 0.219 e. The molecule has 6 nitrogen and oxygen atoms in total. The van der Waals surface area contributed by atoms with Crippen LogP contribution >= 0.6 is 11.3 Å². The summed E-state index contributed by atoms with van der Waals surface area (Å²) in [6.45, 7) is 8.19. The van der Waals surface area contributed by atoms with Crippen LogP contribution in [0.2, 0.25) is 0 Å². The van der Waals surface area contributed by atoms with Gasteiger partial charge in [-0.2, -0.15) is 0 Å². The molecule has 0 aliphatic rings. The van der Waals surface area contributed by atoms with Crippen molar-refractivity contribution in [3.05, 3.63) is 69.6 Å². The molecule has 1 aromatic carbocycles. The number of nitrogens with one attached hydrogen (secondary N) is 2. The van der Waals surface area contributed by atoms with Crippen molar-refractivity contribution in [1.82, 2.24) is 20.6 Å². The van der Waals surface area contributed by atoms with E-state index < -0.39 is 0 Å². The average Bonchev–Trinajstić information content (AvgIpc) is 3.04. The van der Waals surface area contributed by atoms with E-state index in [2.05, 4.69) is 32.5 Å². The standard InChI is InChI=1S/C22H26FN5OS/c1-4-24-22(25-11-10-21-28-15(2)16(3)30-21)27-14-17-8-9-20(26-13-17)29-19-7-5-6-18(23)12-19/h5-9,12-13H,4,10-11,14H2,1-3H3,(H2,24,25,27). The first kappa shape index (κ1) is 21.7. The van der Waals surface area contributed by atoms with Gasteiger partial charge in [0, 0.05) is 42.7 Å². The largest absolute Gasteiger partial charge is 0.439 e. The van der Waals surface area contributed by atoms with Gasteiger partial charge in [0.2, 0.25) is 5.88 Å². The van der Waals surface area contributed by atoms with Crippen LogP contribution in [0.25, 0.3) is 0 Å². The van der Waals surface area contributed by atoms with Crippen LogP contribution < -0.4 is 15.4 Å². The van der Waals surface area contributed by atoms with Gasteiger partial charge in [-0.1, -0.05) is 12.1 Å². The highest BCUT2D eigenvalue weighted by atomic mass is 32.1. The van der Waals surface area contributed by atoms with Crippen LogP contribution in [0.15, 0.2) is 47.6 Å². The van der Waals surface area contributed by atoms with Crippen molar-refractivity contribution >= 4 is 17.3 Å². The molecule has 0 radical (unpaired) electrons. The van der Waals surface area contributed by atoms with Gasteiger partial charge in [-0.3, -0.25) is 0 Å². The number of aliphatic imine (C=N–C) groups is 1. The molecule has 0 bridgehead atoms. The van der Waals surface area contributed by atoms with E-state index in [0.717, 1.165) is 41.7 Å². The molecule has 2 heterocycles. The monoisotopic (exact) mass is 427 g/mol. The molecule has 30 heavy (non-hydrogen) atoms. The topological polar surface area (TPSA) is 71.4 Å². The second-order valence-electron chi connectivity index (χ2n) is 6.69. The van der Waals surface area contributed by atoms with Gasteiger partial charge < -0.3 is 15.4 Å². The zero-order valence-corrected chi connectivity index (χ0v) is 18.2. The Hall–Kier alpha value is -3.00. The lowest BCUT2D eigenvalue weighted by atomic mass is 10.3. The number of pyridine rings is 1. The molecule has 3 rings (SSSR count). The minimum absolute atomic E-state index is 0.345. The Morgan fingerprint density at radius 2 is 2.07 bits per heavy atom. The normalized spacial score (nSPS) is 11.4. The molecule has 0 unspecified atom stereocenters. The number of halogens is 1. The number of hydrogen-bond acceptors (Lipinski definition) is 5. The fourth-order valence-electron chi connectivity index (χ4n) is 2.66. The predicted molar refractivity (Wildman–Crippen MR) is 119 cm³/mol. The minimum atomic E-state index is -0.345. The number of aryl methyl sites for hydroxylation is 2. The summed E-state index contributed by atoms with van der Waals surface area (Å²) in [6.07, 6.45) is 2.57. The number of ether oxygens (including phenoxy) is 1. The van der Waals surface area contributed by atoms with Crippen LogP contribution in [0.1, 0.15) is 28.1 Å². The Kier molecular flexibility index (Phi) is 7.73. The van der Waals surface area contributed by atoms with E-state index in [0.29, 0.717) is 18.2 Å². The van der Waals surface area contributed by atoms with Gasteiger partial charge in [0.15, 0.2) is 5.96 Å². The molecule has 0 atom stereocenters. The molecule has 0 aliphatic heterocycles. The third-order valence-corrected chi connectivity index (χ3v) is 5.42. The molecule has 2 aromatic heterocycles. The molecule has 0 fully saturated rings. The van der Waals surface area contributed by atoms with Crippen LogP contribution in [0.3, 0.4) is 0 Å². The fraction of sp³-hybridized carbons (Fsp3) is 0.318. The molecule has 0 saturated carbocycles. The van der Waals surface area contributed by atoms with Crippen molar-refractivity contribution in [2.24, 2.45) is 4.99 Å². The first-order valence-electron chi connectivity index (χ1n) is 9.87. The van der Waals surface area contributed by atoms with Gasteiger partial charge in [0.25, 0.3) is 0 Å². The Morgan fingerprint density at radius 3 is 2.73 bits per heavy atom. The molecule has 0 spiro atoms. The Balaban J connectivity index is 1.53. The van der Waals surface area contributed by atoms with Crippen LogP contribution in [-0.4, -0.2) is 29.0 Å². The molecule has 158 valence electrons. The van der Waals surface area contributed by atoms with E-state index in [9.17, 15) is 4.39 Å². The third kappa shape index (κ3) is 6.52. The van der Waals surface area contributed by atoms with Gasteiger partial charge in [-0.15, -0.1) is 11.3 Å². The molecular weight excluding hydrogens is 401 g/mol. The molecule has 8 heteroatoms. The minimum Gasteiger partial charge on any atom is -0.439 e. The lowest BCUT2D eigenvalue weighted by molar-refractivity contribution is 0.457. The second kappa shape index (κ2) is 10.7. The van der Waals surface area contributed by atoms with Crippen molar-refractivity contribution < 1.29 is 9.13 Å². The number of guanidine groups is 1. The number of thiazole rings is 1. The Bertz CT molecular complexity index is 968. The zero-order chi connectivity index (χ0) is 21.3. The summed E-state index contributed by atoms with van der Waals surface area (Å²) in [5, 5.41) is 7.72. The second-order valence-corrected chi connectivity index (χ2v) is 7.97. The van der Waals surface area contributed by atoms with Crippen molar-refractivity contribution in [2.75, 3.05) is 13.1 Å². The quantitative estimate of drug-likeness (QED) is 0.412. The fourth-order valence-corrected chi connectivity index (χ4v) is 3.60. The third-order valence-electron chi connectivity index (χ3n) is 4.28. The molecule has 0 amide bonds. The summed E-state index contributed by atoms with van der Waals surface area (Å²) in [5.41, 5.74) is 2.05. The zero-order valence-electron chi connectivity index (χ0n) is 17.4. The van der Waals surface area contributed by atoms with Gasteiger partial charge in [-0.25, -0.2) is 19.4 Å². The average molecular weight is 428 g/mol. The highest BCUT2D eigenvalue weighted by molar-refractivity contribution is 7.11. The molecule has 0 saturated heterocycles. The number of benzene rings is 1. The Morgan fingerprint density at radius 1 is 1.20 bits per heavy atom. The summed E-state index contributed by atoms with van der Waals surface area (Å²) in [5.74, 6) is 1.23. The summed E-state index contributed by atoms with van der Waals surface area (Å²) in [7, 11) is 0. The van der Waals surface area contributed by atoms with Crippen LogP contribution in [-0.2, 0) is 13.0 Å². The van der Waals surface area contributed by atoms with E-state index in [-0.39, 0.29) is 5.82 Å². The van der Waals surface area contributed by atoms with Crippen molar-refractivity contribution in [3.63, 3.8) is 0 Å². The SMILES string of the molecule is CCNC(=NCc1ccc(Oc2cccc(F)c2)nc1)NCCc1nc(C)c(C)s1. The van der Waals surface area contributed by atoms with Crippen LogP contribution in [0, 0.1) is 19.7 Å². The first-order valence-corrected chi connectivity index (χ1v) is 10.7. The summed E-state index contributed by atoms with van der Waals surface area (Å²) >= 11 is 1.74. The summed E-state index contributed by atoms with van der Waals surface area (Å²) in [6, 6.07) is 9.63. The van der Waals surface area contributed by atoms with E-state index >= 15 is 0 Å². The number of aromatic nitrogens is 2. The number of nitrogens with zero attached hydrogens (tertiary/aromatic N) is 3. The van der Waals surface area contributed by atoms with Crippen molar-refractivity contribution in [3.8, 4) is 11.6 Å². The number of rotatable bonds is 8. The first-order chi connectivity index (χ1) is 14.5. The maximum atomic E-state index is 13.2. The number of hydrogen-bond donors (Lipinski definition) is 2. The lowest BCUT2D eigenvalue weighted by Gasteiger charge is -2.10. The summed E-state index contributed by atoms with van der Waals surface area (Å²) in [4.78, 5) is 14.7. The molecular formula is C22H26FN5OS. The van der Waals surface area contributed by atoms with E-state index in [1.54, 1.807) is 35.7 Å². The molecule has 3 aromatic rings. The van der Waals surface area contributed by atoms with Crippen molar-refractivity contribution in [2.45, 2.75) is 33.7 Å². The van der Waals surface area contributed by atoms with E-state index in [1.807, 2.05) is 19.9 Å². The van der Waals surface area contributed by atoms with Gasteiger partial charge >= 0.3 is 0 Å². The van der Waals surface area contributed by atoms with Gasteiger partial charge in [0.05, 0.1) is 17.2 Å². The highest BCUT2D eigenvalue weighted by Crippen LogP contribution is 2.20.